The van der Waals surface area contributed by atoms with Gasteiger partial charge in [0.25, 0.3) is 0 Å². The van der Waals surface area contributed by atoms with Crippen LogP contribution in [0.4, 0.5) is 0 Å². The van der Waals surface area contributed by atoms with Gasteiger partial charge < -0.3 is 10.3 Å². The predicted molar refractivity (Wildman–Crippen MR) is 89.7 cm³/mol. The maximum absolute atomic E-state index is 6.21. The first kappa shape index (κ1) is 16.8. The number of aromatic nitrogens is 2. The smallest absolute Gasteiger partial charge is 0.239 e. The van der Waals surface area contributed by atoms with Gasteiger partial charge in [-0.3, -0.25) is 0 Å². The number of hydrogen-bond donors (Lipinski definition) is 1. The Balaban J connectivity index is 0.00000161. The molecule has 1 aromatic carbocycles. The summed E-state index contributed by atoms with van der Waals surface area (Å²) in [7, 11) is 0. The first-order chi connectivity index (χ1) is 9.57. The van der Waals surface area contributed by atoms with Crippen LogP contribution in [0.3, 0.4) is 0 Å². The molecule has 1 aliphatic rings. The van der Waals surface area contributed by atoms with Gasteiger partial charge in [0.2, 0.25) is 5.89 Å². The van der Waals surface area contributed by atoms with Gasteiger partial charge in [-0.2, -0.15) is 4.98 Å². The highest BCUT2D eigenvalue weighted by molar-refractivity contribution is 9.10. The van der Waals surface area contributed by atoms with E-state index in [1.165, 1.54) is 4.90 Å². The molecule has 0 aliphatic heterocycles. The summed E-state index contributed by atoms with van der Waals surface area (Å²) in [6, 6.07) is 8.19. The first-order valence-electron chi connectivity index (χ1n) is 6.62. The van der Waals surface area contributed by atoms with Crippen LogP contribution in [0, 0.1) is 0 Å². The lowest BCUT2D eigenvalue weighted by Gasteiger charge is -2.34. The molecule has 114 valence electrons. The van der Waals surface area contributed by atoms with Gasteiger partial charge in [-0.25, -0.2) is 0 Å². The Kier molecular flexibility index (Phi) is 5.35. The van der Waals surface area contributed by atoms with E-state index in [1.807, 2.05) is 12.1 Å². The van der Waals surface area contributed by atoms with Crippen LogP contribution in [0.5, 0.6) is 0 Å². The van der Waals surface area contributed by atoms with Gasteiger partial charge in [0.15, 0.2) is 5.82 Å². The Morgan fingerprint density at radius 1 is 1.33 bits per heavy atom. The molecule has 1 atom stereocenters. The van der Waals surface area contributed by atoms with E-state index < -0.39 is 0 Å². The Morgan fingerprint density at radius 3 is 2.57 bits per heavy atom. The second kappa shape index (κ2) is 6.69. The van der Waals surface area contributed by atoms with Crippen molar-refractivity contribution in [3.63, 3.8) is 0 Å². The van der Waals surface area contributed by atoms with Crippen molar-refractivity contribution in [3.05, 3.63) is 40.5 Å². The summed E-state index contributed by atoms with van der Waals surface area (Å²) in [5.41, 5.74) is 5.85. The molecule has 2 N–H and O–H groups in total. The standard InChI is InChI=1S/C14H16BrN3OS.ClH/c1-9(20-11-5-3-10(15)4-6-11)12-17-13(18-19-12)14(16)7-2-8-14;/h3-6,9H,2,7-8,16H2,1H3;1H. The second-order valence-corrected chi connectivity index (χ2v) is 7.51. The maximum atomic E-state index is 6.21. The second-order valence-electron chi connectivity index (χ2n) is 5.18. The lowest BCUT2D eigenvalue weighted by Crippen LogP contribution is -2.44. The number of nitrogens with zero attached hydrogens (tertiary/aromatic N) is 2. The summed E-state index contributed by atoms with van der Waals surface area (Å²) >= 11 is 5.13. The number of benzene rings is 1. The van der Waals surface area contributed by atoms with Crippen molar-refractivity contribution in [2.45, 2.75) is 41.9 Å². The molecule has 2 aromatic rings. The third-order valence-electron chi connectivity index (χ3n) is 3.61. The van der Waals surface area contributed by atoms with Gasteiger partial charge in [-0.05, 0) is 50.5 Å². The highest BCUT2D eigenvalue weighted by Crippen LogP contribution is 2.39. The third-order valence-corrected chi connectivity index (χ3v) is 5.24. The molecular formula is C14H17BrClN3OS. The molecule has 21 heavy (non-hydrogen) atoms. The maximum Gasteiger partial charge on any atom is 0.239 e. The van der Waals surface area contributed by atoms with Crippen molar-refractivity contribution in [3.8, 4) is 0 Å². The fourth-order valence-corrected chi connectivity index (χ4v) is 3.31. The number of halogens is 2. The van der Waals surface area contributed by atoms with Gasteiger partial charge in [0, 0.05) is 9.37 Å². The van der Waals surface area contributed by atoms with Gasteiger partial charge >= 0.3 is 0 Å². The monoisotopic (exact) mass is 389 g/mol. The van der Waals surface area contributed by atoms with E-state index in [-0.39, 0.29) is 23.2 Å². The third kappa shape index (κ3) is 3.62. The number of thioether (sulfide) groups is 1. The quantitative estimate of drug-likeness (QED) is 0.782. The molecular weight excluding hydrogens is 374 g/mol. The molecule has 0 amide bonds. The number of nitrogens with two attached hydrogens (primary N) is 1. The van der Waals surface area contributed by atoms with Crippen molar-refractivity contribution >= 4 is 40.1 Å². The minimum absolute atomic E-state index is 0. The van der Waals surface area contributed by atoms with Crippen molar-refractivity contribution in [1.29, 1.82) is 0 Å². The molecule has 0 saturated heterocycles. The molecule has 1 aliphatic carbocycles. The molecule has 0 spiro atoms. The largest absolute Gasteiger partial charge is 0.338 e. The first-order valence-corrected chi connectivity index (χ1v) is 8.29. The summed E-state index contributed by atoms with van der Waals surface area (Å²) in [6.45, 7) is 2.06. The summed E-state index contributed by atoms with van der Waals surface area (Å²) in [5.74, 6) is 1.30. The van der Waals surface area contributed by atoms with Crippen LogP contribution in [0.15, 0.2) is 38.2 Å². The van der Waals surface area contributed by atoms with Gasteiger partial charge in [-0.1, -0.05) is 21.1 Å². The van der Waals surface area contributed by atoms with Crippen LogP contribution >= 0.6 is 40.1 Å². The van der Waals surface area contributed by atoms with Crippen LogP contribution in [0.1, 0.15) is 43.2 Å². The molecule has 1 fully saturated rings. The molecule has 7 heteroatoms. The number of rotatable bonds is 4. The molecule has 0 radical (unpaired) electrons. The van der Waals surface area contributed by atoms with Gasteiger partial charge in [-0.15, -0.1) is 24.2 Å². The van der Waals surface area contributed by atoms with Crippen molar-refractivity contribution in [1.82, 2.24) is 10.1 Å². The minimum Gasteiger partial charge on any atom is -0.338 e. The van der Waals surface area contributed by atoms with Crippen LogP contribution in [0.25, 0.3) is 0 Å². The molecule has 1 aromatic heterocycles. The summed E-state index contributed by atoms with van der Waals surface area (Å²) in [5, 5.41) is 4.17. The average molecular weight is 391 g/mol. The summed E-state index contributed by atoms with van der Waals surface area (Å²) in [4.78, 5) is 5.66. The zero-order chi connectivity index (χ0) is 14.2. The van der Waals surface area contributed by atoms with Crippen LogP contribution < -0.4 is 5.73 Å². The van der Waals surface area contributed by atoms with Crippen LogP contribution in [-0.4, -0.2) is 10.1 Å². The van der Waals surface area contributed by atoms with E-state index in [2.05, 4.69) is 45.1 Å². The van der Waals surface area contributed by atoms with Crippen molar-refractivity contribution < 1.29 is 4.52 Å². The predicted octanol–water partition coefficient (Wildman–Crippen LogP) is 4.45. The Labute approximate surface area is 142 Å². The van der Waals surface area contributed by atoms with E-state index in [1.54, 1.807) is 11.8 Å². The average Bonchev–Trinajstić information content (AvgIpc) is 2.89. The fraction of sp³-hybridized carbons (Fsp3) is 0.429. The molecule has 0 bridgehead atoms. The zero-order valence-corrected chi connectivity index (χ0v) is 14.8. The lowest BCUT2D eigenvalue weighted by atomic mass is 9.77. The van der Waals surface area contributed by atoms with Crippen LogP contribution in [0.2, 0.25) is 0 Å². The van der Waals surface area contributed by atoms with Gasteiger partial charge in [0.1, 0.15) is 0 Å². The van der Waals surface area contributed by atoms with E-state index in [0.717, 1.165) is 23.7 Å². The van der Waals surface area contributed by atoms with E-state index in [9.17, 15) is 0 Å². The number of hydrogen-bond acceptors (Lipinski definition) is 5. The Bertz CT molecular complexity index is 601. The summed E-state index contributed by atoms with van der Waals surface area (Å²) < 4.78 is 6.45. The SMILES string of the molecule is CC(Sc1ccc(Br)cc1)c1nc(C2(N)CCC2)no1.Cl. The van der Waals surface area contributed by atoms with Crippen molar-refractivity contribution in [2.24, 2.45) is 5.73 Å². The van der Waals surface area contributed by atoms with E-state index in [0.29, 0.717) is 11.7 Å². The Hall–Kier alpha value is -0.560. The van der Waals surface area contributed by atoms with Crippen molar-refractivity contribution in [2.75, 3.05) is 0 Å². The topological polar surface area (TPSA) is 64.9 Å². The van der Waals surface area contributed by atoms with E-state index in [4.69, 9.17) is 10.3 Å². The highest BCUT2D eigenvalue weighted by atomic mass is 79.9. The minimum atomic E-state index is -0.357. The fourth-order valence-electron chi connectivity index (χ4n) is 2.15. The van der Waals surface area contributed by atoms with E-state index >= 15 is 0 Å². The lowest BCUT2D eigenvalue weighted by molar-refractivity contribution is 0.229. The molecule has 4 nitrogen and oxygen atoms in total. The molecule has 1 unspecified atom stereocenters. The highest BCUT2D eigenvalue weighted by Gasteiger charge is 2.39. The van der Waals surface area contributed by atoms with Gasteiger partial charge in [0.05, 0.1) is 10.8 Å². The summed E-state index contributed by atoms with van der Waals surface area (Å²) in [6.07, 6.45) is 3.03. The molecule has 1 saturated carbocycles. The molecule has 3 rings (SSSR count). The molecule has 1 heterocycles. The van der Waals surface area contributed by atoms with Crippen LogP contribution in [-0.2, 0) is 5.54 Å². The Morgan fingerprint density at radius 2 is 2.00 bits per heavy atom. The zero-order valence-electron chi connectivity index (χ0n) is 11.6. The normalized spacial score (nSPS) is 17.7.